The highest BCUT2D eigenvalue weighted by Gasteiger charge is 2.30. The maximum absolute atomic E-state index is 13.9. The number of carbonyl (C=O) groups is 2. The lowest BCUT2D eigenvalue weighted by Crippen LogP contribution is -2.50. The number of rotatable bonds is 17. The Morgan fingerprint density at radius 3 is 2.10 bits per heavy atom. The average molecular weight is 594 g/mol. The van der Waals surface area contributed by atoms with Crippen molar-refractivity contribution in [3.8, 4) is 5.75 Å². The molecule has 0 heterocycles. The molecule has 1 N–H and O–H groups in total. The van der Waals surface area contributed by atoms with E-state index in [-0.39, 0.29) is 37.7 Å². The zero-order valence-corrected chi connectivity index (χ0v) is 25.7. The van der Waals surface area contributed by atoms with E-state index in [4.69, 9.17) is 4.74 Å². The molecular weight excluding hydrogens is 550 g/mol. The number of sulfonamides is 1. The van der Waals surface area contributed by atoms with Crippen molar-refractivity contribution in [2.75, 3.05) is 30.3 Å². The first-order valence-corrected chi connectivity index (χ1v) is 16.4. The summed E-state index contributed by atoms with van der Waals surface area (Å²) in [6.07, 6.45) is 3.65. The van der Waals surface area contributed by atoms with Gasteiger partial charge in [0.05, 0.1) is 18.6 Å². The lowest BCUT2D eigenvalue weighted by molar-refractivity contribution is -0.141. The molecule has 0 unspecified atom stereocenters. The number of benzene rings is 3. The van der Waals surface area contributed by atoms with Crippen LogP contribution in [0.1, 0.15) is 50.7 Å². The standard InChI is InChI=1S/C33H43N3O5S/c1-4-6-23-34-33(38)30(25-27-16-9-7-10-17-27)35(26-28-18-11-8-12-19-28)32(37)22-15-24-36(42(3,39)40)29-20-13-14-21-31(29)41-5-2/h7-14,16-21,30H,4-6,15,22-26H2,1-3H3,(H,34,38)/t30-/m0/s1. The van der Waals surface area contributed by atoms with Crippen LogP contribution in [0.4, 0.5) is 5.69 Å². The number of ether oxygens (including phenoxy) is 1. The van der Waals surface area contributed by atoms with Gasteiger partial charge in [0.25, 0.3) is 0 Å². The first kappa shape index (κ1) is 32.7. The van der Waals surface area contributed by atoms with E-state index in [0.29, 0.717) is 31.0 Å². The zero-order chi connectivity index (χ0) is 30.4. The monoisotopic (exact) mass is 593 g/mol. The third-order valence-electron chi connectivity index (χ3n) is 6.88. The molecule has 0 aliphatic heterocycles. The normalized spacial score (nSPS) is 11.9. The molecule has 0 fully saturated rings. The smallest absolute Gasteiger partial charge is 0.243 e. The molecule has 0 aromatic heterocycles. The van der Waals surface area contributed by atoms with Crippen LogP contribution in [0.15, 0.2) is 84.9 Å². The van der Waals surface area contributed by atoms with Gasteiger partial charge in [-0.15, -0.1) is 0 Å². The Labute approximate surface area is 250 Å². The van der Waals surface area contributed by atoms with Crippen LogP contribution in [0.5, 0.6) is 5.75 Å². The molecule has 226 valence electrons. The minimum atomic E-state index is -3.64. The van der Waals surface area contributed by atoms with Crippen LogP contribution in [0.25, 0.3) is 0 Å². The van der Waals surface area contributed by atoms with Gasteiger partial charge in [0.15, 0.2) is 0 Å². The van der Waals surface area contributed by atoms with Crippen molar-refractivity contribution in [2.45, 2.75) is 58.5 Å². The highest BCUT2D eigenvalue weighted by molar-refractivity contribution is 7.92. The highest BCUT2D eigenvalue weighted by Crippen LogP contribution is 2.30. The summed E-state index contributed by atoms with van der Waals surface area (Å²) in [7, 11) is -3.64. The molecule has 0 saturated carbocycles. The molecule has 1 atom stereocenters. The second-order valence-electron chi connectivity index (χ2n) is 10.2. The summed E-state index contributed by atoms with van der Waals surface area (Å²) in [6.45, 7) is 5.19. The van der Waals surface area contributed by atoms with Gasteiger partial charge >= 0.3 is 0 Å². The van der Waals surface area contributed by atoms with Crippen LogP contribution in [-0.4, -0.2) is 57.1 Å². The molecule has 2 amide bonds. The first-order valence-electron chi connectivity index (χ1n) is 14.6. The molecule has 9 heteroatoms. The summed E-state index contributed by atoms with van der Waals surface area (Å²) in [6, 6.07) is 25.5. The third-order valence-corrected chi connectivity index (χ3v) is 8.06. The molecule has 3 rings (SSSR count). The lowest BCUT2D eigenvalue weighted by Gasteiger charge is -2.32. The highest BCUT2D eigenvalue weighted by atomic mass is 32.2. The predicted molar refractivity (Wildman–Crippen MR) is 168 cm³/mol. The number of anilines is 1. The third kappa shape index (κ3) is 9.91. The maximum atomic E-state index is 13.9. The molecule has 42 heavy (non-hydrogen) atoms. The molecule has 0 aliphatic rings. The number of amides is 2. The molecule has 8 nitrogen and oxygen atoms in total. The molecule has 0 saturated heterocycles. The molecule has 0 aliphatic carbocycles. The summed E-state index contributed by atoms with van der Waals surface area (Å²) in [4.78, 5) is 29.1. The largest absolute Gasteiger partial charge is 0.492 e. The van der Waals surface area contributed by atoms with Gasteiger partial charge in [0.1, 0.15) is 11.8 Å². The minimum Gasteiger partial charge on any atom is -0.492 e. The van der Waals surface area contributed by atoms with Crippen molar-refractivity contribution < 1.29 is 22.7 Å². The Morgan fingerprint density at radius 2 is 1.48 bits per heavy atom. The van der Waals surface area contributed by atoms with Crippen molar-refractivity contribution in [2.24, 2.45) is 0 Å². The van der Waals surface area contributed by atoms with Gasteiger partial charge in [-0.3, -0.25) is 13.9 Å². The Morgan fingerprint density at radius 1 is 0.857 bits per heavy atom. The van der Waals surface area contributed by atoms with Gasteiger partial charge in [0.2, 0.25) is 21.8 Å². The fraction of sp³-hybridized carbons (Fsp3) is 0.394. The van der Waals surface area contributed by atoms with Gasteiger partial charge < -0.3 is 15.0 Å². The Bertz CT molecular complexity index is 1370. The van der Waals surface area contributed by atoms with E-state index in [1.165, 1.54) is 4.31 Å². The summed E-state index contributed by atoms with van der Waals surface area (Å²) in [5, 5.41) is 3.02. The van der Waals surface area contributed by atoms with Crippen LogP contribution in [0.2, 0.25) is 0 Å². The van der Waals surface area contributed by atoms with Crippen molar-refractivity contribution in [3.05, 3.63) is 96.1 Å². The van der Waals surface area contributed by atoms with Gasteiger partial charge in [-0.1, -0.05) is 86.1 Å². The van der Waals surface area contributed by atoms with E-state index in [0.717, 1.165) is 30.2 Å². The van der Waals surface area contributed by atoms with Gasteiger partial charge in [-0.2, -0.15) is 0 Å². The van der Waals surface area contributed by atoms with Gasteiger partial charge in [-0.05, 0) is 43.0 Å². The number of nitrogens with zero attached hydrogens (tertiary/aromatic N) is 2. The molecule has 0 bridgehead atoms. The topological polar surface area (TPSA) is 96.0 Å². The van der Waals surface area contributed by atoms with Crippen molar-refractivity contribution in [1.82, 2.24) is 10.2 Å². The van der Waals surface area contributed by atoms with Crippen LogP contribution in [0.3, 0.4) is 0 Å². The second kappa shape index (κ2) is 16.6. The fourth-order valence-corrected chi connectivity index (χ4v) is 5.73. The summed E-state index contributed by atoms with van der Waals surface area (Å²) in [5.74, 6) is 0.0612. The maximum Gasteiger partial charge on any atom is 0.243 e. The molecule has 3 aromatic rings. The van der Waals surface area contributed by atoms with E-state index in [1.54, 1.807) is 29.2 Å². The molecule has 0 radical (unpaired) electrons. The predicted octanol–water partition coefficient (Wildman–Crippen LogP) is 5.19. The molecule has 3 aromatic carbocycles. The van der Waals surface area contributed by atoms with Gasteiger partial charge in [0, 0.05) is 32.5 Å². The van der Waals surface area contributed by atoms with E-state index in [2.05, 4.69) is 12.2 Å². The van der Waals surface area contributed by atoms with Crippen molar-refractivity contribution in [1.29, 1.82) is 0 Å². The van der Waals surface area contributed by atoms with E-state index < -0.39 is 16.1 Å². The number of carbonyl (C=O) groups excluding carboxylic acids is 2. The Kier molecular flexibility index (Phi) is 12.9. The summed E-state index contributed by atoms with van der Waals surface area (Å²) < 4.78 is 32.5. The minimum absolute atomic E-state index is 0.0726. The van der Waals surface area contributed by atoms with Crippen molar-refractivity contribution in [3.63, 3.8) is 0 Å². The molecular formula is C33H43N3O5S. The number of para-hydroxylation sites is 2. The Hall–Kier alpha value is -3.85. The van der Waals surface area contributed by atoms with E-state index in [1.807, 2.05) is 67.6 Å². The zero-order valence-electron chi connectivity index (χ0n) is 24.9. The molecule has 0 spiro atoms. The van der Waals surface area contributed by atoms with Crippen LogP contribution in [-0.2, 0) is 32.6 Å². The first-order chi connectivity index (χ1) is 20.2. The SMILES string of the molecule is CCCCNC(=O)[C@H](Cc1ccccc1)N(Cc1ccccc1)C(=O)CCCN(c1ccccc1OCC)S(C)(=O)=O. The second-order valence-corrected chi connectivity index (χ2v) is 12.1. The summed E-state index contributed by atoms with van der Waals surface area (Å²) in [5.41, 5.74) is 2.30. The fourth-order valence-electron chi connectivity index (χ4n) is 4.76. The van der Waals surface area contributed by atoms with Gasteiger partial charge in [-0.25, -0.2) is 8.42 Å². The van der Waals surface area contributed by atoms with Crippen LogP contribution < -0.4 is 14.4 Å². The number of nitrogens with one attached hydrogen (secondary N) is 1. The van der Waals surface area contributed by atoms with Crippen molar-refractivity contribution >= 4 is 27.5 Å². The number of hydrogen-bond acceptors (Lipinski definition) is 5. The van der Waals surface area contributed by atoms with Crippen LogP contribution in [0, 0.1) is 0 Å². The number of unbranched alkanes of at least 4 members (excludes halogenated alkanes) is 1. The summed E-state index contributed by atoms with van der Waals surface area (Å²) >= 11 is 0. The quantitative estimate of drug-likeness (QED) is 0.218. The Balaban J connectivity index is 1.86. The van der Waals surface area contributed by atoms with E-state index >= 15 is 0 Å². The van der Waals surface area contributed by atoms with Crippen LogP contribution >= 0.6 is 0 Å². The number of hydrogen-bond donors (Lipinski definition) is 1. The van der Waals surface area contributed by atoms with E-state index in [9.17, 15) is 18.0 Å². The lowest BCUT2D eigenvalue weighted by atomic mass is 10.0. The average Bonchev–Trinajstić information content (AvgIpc) is 2.98.